The van der Waals surface area contributed by atoms with Gasteiger partial charge in [0.15, 0.2) is 5.11 Å². The van der Waals surface area contributed by atoms with E-state index < -0.39 is 0 Å². The molecule has 0 unspecified atom stereocenters. The van der Waals surface area contributed by atoms with Gasteiger partial charge >= 0.3 is 0 Å². The van der Waals surface area contributed by atoms with Gasteiger partial charge in [0.1, 0.15) is 0 Å². The molecule has 94 valence electrons. The Kier molecular flexibility index (Phi) is 3.47. The van der Waals surface area contributed by atoms with Crippen LogP contribution in [-0.2, 0) is 18.3 Å². The fraction of sp³-hybridized carbons (Fsp3) is 0.167. The fourth-order valence-electron chi connectivity index (χ4n) is 1.91. The molecule has 4 N–H and O–H groups in total. The molecule has 1 heterocycles. The second-order valence-electron chi connectivity index (χ2n) is 4.00. The predicted octanol–water partition coefficient (Wildman–Crippen LogP) is 0.585. The summed E-state index contributed by atoms with van der Waals surface area (Å²) < 4.78 is 2.00. The molecule has 1 aromatic carbocycles. The summed E-state index contributed by atoms with van der Waals surface area (Å²) in [6.45, 7) is 0. The molecule has 6 heteroatoms. The first-order valence-electron chi connectivity index (χ1n) is 5.45. The molecular formula is C12H14N4OS. The molecule has 1 aromatic heterocycles. The molecule has 0 radical (unpaired) electrons. The first-order chi connectivity index (χ1) is 8.58. The van der Waals surface area contributed by atoms with E-state index in [4.69, 9.17) is 5.73 Å². The van der Waals surface area contributed by atoms with Crippen molar-refractivity contribution < 1.29 is 4.79 Å². The number of nitrogens with zero attached hydrogens (tertiary/aromatic N) is 1. The normalized spacial score (nSPS) is 10.3. The lowest BCUT2D eigenvalue weighted by atomic mass is 10.1. The molecule has 0 saturated carbocycles. The first-order valence-corrected chi connectivity index (χ1v) is 5.86. The molecule has 2 rings (SSSR count). The van der Waals surface area contributed by atoms with E-state index in [1.165, 1.54) is 0 Å². The van der Waals surface area contributed by atoms with Gasteiger partial charge in [-0.3, -0.25) is 15.6 Å². The molecule has 0 aliphatic carbocycles. The van der Waals surface area contributed by atoms with Gasteiger partial charge < -0.3 is 10.3 Å². The van der Waals surface area contributed by atoms with Gasteiger partial charge in [0.05, 0.1) is 6.42 Å². The predicted molar refractivity (Wildman–Crippen MR) is 74.7 cm³/mol. The van der Waals surface area contributed by atoms with Crippen molar-refractivity contribution in [3.8, 4) is 0 Å². The monoisotopic (exact) mass is 262 g/mol. The molecule has 0 spiro atoms. The number of nitrogens with one attached hydrogen (secondary N) is 2. The number of benzene rings is 1. The number of carbonyl (C=O) groups is 1. The molecular weight excluding hydrogens is 248 g/mol. The summed E-state index contributed by atoms with van der Waals surface area (Å²) in [5, 5.41) is 1.12. The number of para-hydroxylation sites is 1. The van der Waals surface area contributed by atoms with Crippen molar-refractivity contribution >= 4 is 34.1 Å². The van der Waals surface area contributed by atoms with Crippen molar-refractivity contribution in [2.45, 2.75) is 6.42 Å². The standard InChI is InChI=1S/C12H14N4OS/c1-16-7-8(6-11(17)14-15-12(13)18)9-4-2-3-5-10(9)16/h2-5,7H,6H2,1H3,(H,14,17)(H3,13,15,18). The smallest absolute Gasteiger partial charge is 0.242 e. The summed E-state index contributed by atoms with van der Waals surface area (Å²) in [5.41, 5.74) is 12.2. The molecule has 2 aromatic rings. The summed E-state index contributed by atoms with van der Waals surface area (Å²) in [4.78, 5) is 11.7. The van der Waals surface area contributed by atoms with Crippen LogP contribution in [0.3, 0.4) is 0 Å². The van der Waals surface area contributed by atoms with Crippen molar-refractivity contribution in [1.29, 1.82) is 0 Å². The zero-order chi connectivity index (χ0) is 13.1. The van der Waals surface area contributed by atoms with Gasteiger partial charge in [-0.1, -0.05) is 18.2 Å². The topological polar surface area (TPSA) is 72.1 Å². The van der Waals surface area contributed by atoms with Gasteiger partial charge in [0, 0.05) is 24.1 Å². The lowest BCUT2D eigenvalue weighted by Gasteiger charge is -2.05. The van der Waals surface area contributed by atoms with Crippen LogP contribution in [0.25, 0.3) is 10.9 Å². The molecule has 0 aliphatic rings. The van der Waals surface area contributed by atoms with Crippen LogP contribution in [0.2, 0.25) is 0 Å². The highest BCUT2D eigenvalue weighted by atomic mass is 32.1. The van der Waals surface area contributed by atoms with Crippen molar-refractivity contribution in [2.75, 3.05) is 0 Å². The molecule has 0 aliphatic heterocycles. The van der Waals surface area contributed by atoms with E-state index >= 15 is 0 Å². The largest absolute Gasteiger partial charge is 0.375 e. The van der Waals surface area contributed by atoms with Crippen molar-refractivity contribution in [2.24, 2.45) is 12.8 Å². The highest BCUT2D eigenvalue weighted by Gasteiger charge is 2.09. The zero-order valence-electron chi connectivity index (χ0n) is 9.93. The van der Waals surface area contributed by atoms with E-state index in [0.29, 0.717) is 0 Å². The van der Waals surface area contributed by atoms with Gasteiger partial charge in [0.2, 0.25) is 5.91 Å². The number of fused-ring (bicyclic) bond motifs is 1. The Morgan fingerprint density at radius 2 is 2.11 bits per heavy atom. The average Bonchev–Trinajstić information content (AvgIpc) is 2.65. The SMILES string of the molecule is Cn1cc(CC(=O)NNC(N)=S)c2ccccc21. The van der Waals surface area contributed by atoms with Crippen LogP contribution in [0, 0.1) is 0 Å². The summed E-state index contributed by atoms with van der Waals surface area (Å²) in [6.07, 6.45) is 2.22. The number of hydrogen-bond donors (Lipinski definition) is 3. The van der Waals surface area contributed by atoms with Crippen LogP contribution in [0.15, 0.2) is 30.5 Å². The second kappa shape index (κ2) is 5.05. The van der Waals surface area contributed by atoms with E-state index in [-0.39, 0.29) is 17.4 Å². The Bertz CT molecular complexity index is 605. The molecule has 0 fully saturated rings. The highest BCUT2D eigenvalue weighted by molar-refractivity contribution is 7.80. The van der Waals surface area contributed by atoms with Crippen LogP contribution in [0.5, 0.6) is 0 Å². The summed E-state index contributed by atoms with van der Waals surface area (Å²) >= 11 is 4.61. The number of rotatable bonds is 2. The van der Waals surface area contributed by atoms with Crippen LogP contribution in [-0.4, -0.2) is 15.6 Å². The maximum absolute atomic E-state index is 11.7. The maximum atomic E-state index is 11.7. The molecule has 0 saturated heterocycles. The number of amides is 1. The number of carbonyl (C=O) groups excluding carboxylic acids is 1. The lowest BCUT2D eigenvalue weighted by Crippen LogP contribution is -2.44. The number of aromatic nitrogens is 1. The number of aryl methyl sites for hydroxylation is 1. The Morgan fingerprint density at radius 3 is 2.83 bits per heavy atom. The van der Waals surface area contributed by atoms with Gasteiger partial charge in [0.25, 0.3) is 0 Å². The minimum atomic E-state index is -0.181. The summed E-state index contributed by atoms with van der Waals surface area (Å²) in [7, 11) is 1.96. The van der Waals surface area contributed by atoms with Gasteiger partial charge in [-0.15, -0.1) is 0 Å². The van der Waals surface area contributed by atoms with E-state index in [2.05, 4.69) is 23.1 Å². The van der Waals surface area contributed by atoms with E-state index in [0.717, 1.165) is 16.5 Å². The van der Waals surface area contributed by atoms with E-state index in [1.807, 2.05) is 42.1 Å². The van der Waals surface area contributed by atoms with Crippen LogP contribution >= 0.6 is 12.2 Å². The van der Waals surface area contributed by atoms with E-state index in [9.17, 15) is 4.79 Å². The third-order valence-corrected chi connectivity index (χ3v) is 2.76. The van der Waals surface area contributed by atoms with Crippen LogP contribution in [0.4, 0.5) is 0 Å². The maximum Gasteiger partial charge on any atom is 0.242 e. The molecule has 5 nitrogen and oxygen atoms in total. The van der Waals surface area contributed by atoms with Crippen molar-refractivity contribution in [1.82, 2.24) is 15.4 Å². The lowest BCUT2D eigenvalue weighted by molar-refractivity contribution is -0.120. The Hall–Kier alpha value is -2.08. The molecule has 1 amide bonds. The summed E-state index contributed by atoms with van der Waals surface area (Å²) in [5.74, 6) is -0.181. The molecule has 0 bridgehead atoms. The minimum Gasteiger partial charge on any atom is -0.375 e. The highest BCUT2D eigenvalue weighted by Crippen LogP contribution is 2.20. The van der Waals surface area contributed by atoms with E-state index in [1.54, 1.807) is 0 Å². The number of hydrazine groups is 1. The van der Waals surface area contributed by atoms with Crippen molar-refractivity contribution in [3.63, 3.8) is 0 Å². The summed E-state index contributed by atoms with van der Waals surface area (Å²) in [6, 6.07) is 7.94. The molecule has 18 heavy (non-hydrogen) atoms. The minimum absolute atomic E-state index is 0.0428. The number of hydrogen-bond acceptors (Lipinski definition) is 2. The Labute approximate surface area is 110 Å². The third kappa shape index (κ3) is 2.60. The average molecular weight is 262 g/mol. The van der Waals surface area contributed by atoms with Gasteiger partial charge in [-0.2, -0.15) is 0 Å². The van der Waals surface area contributed by atoms with Crippen LogP contribution in [0.1, 0.15) is 5.56 Å². The Morgan fingerprint density at radius 1 is 1.39 bits per heavy atom. The van der Waals surface area contributed by atoms with Gasteiger partial charge in [-0.25, -0.2) is 0 Å². The zero-order valence-corrected chi connectivity index (χ0v) is 10.8. The Balaban J connectivity index is 2.17. The van der Waals surface area contributed by atoms with Crippen molar-refractivity contribution in [3.05, 3.63) is 36.0 Å². The number of nitrogens with two attached hydrogens (primary N) is 1. The molecule has 0 atom stereocenters. The second-order valence-corrected chi connectivity index (χ2v) is 4.44. The third-order valence-electron chi connectivity index (χ3n) is 2.66. The van der Waals surface area contributed by atoms with Gasteiger partial charge in [-0.05, 0) is 23.8 Å². The number of thiocarbonyl (C=S) groups is 1. The first kappa shape index (κ1) is 12.4. The van der Waals surface area contributed by atoms with Crippen LogP contribution < -0.4 is 16.6 Å². The quantitative estimate of drug-likeness (QED) is 0.547. The fourth-order valence-corrected chi connectivity index (χ4v) is 1.97.